The topological polar surface area (TPSA) is 95.8 Å². The SMILES string of the molecule is CN(C)C(=O)c1c(C=NNC(=O)Nc2ccccc2)n(C)ccc1=O. The van der Waals surface area contributed by atoms with Gasteiger partial charge in [0.05, 0.1) is 11.9 Å². The summed E-state index contributed by atoms with van der Waals surface area (Å²) in [4.78, 5) is 37.4. The van der Waals surface area contributed by atoms with Crippen LogP contribution in [0.5, 0.6) is 0 Å². The molecule has 0 aliphatic carbocycles. The van der Waals surface area contributed by atoms with Crippen molar-refractivity contribution in [2.45, 2.75) is 0 Å². The number of amides is 3. The Bertz CT molecular complexity index is 856. The Balaban J connectivity index is 2.18. The van der Waals surface area contributed by atoms with Crippen molar-refractivity contribution in [3.05, 3.63) is 64.1 Å². The maximum absolute atomic E-state index is 12.2. The number of hydrogen-bond acceptors (Lipinski definition) is 4. The van der Waals surface area contributed by atoms with E-state index in [0.29, 0.717) is 11.4 Å². The summed E-state index contributed by atoms with van der Waals surface area (Å²) in [6, 6.07) is 9.65. The van der Waals surface area contributed by atoms with Gasteiger partial charge in [-0.1, -0.05) is 18.2 Å². The molecule has 0 bridgehead atoms. The van der Waals surface area contributed by atoms with Crippen LogP contribution in [0.15, 0.2) is 52.5 Å². The molecule has 130 valence electrons. The number of carbonyl (C=O) groups excluding carboxylic acids is 2. The van der Waals surface area contributed by atoms with Crippen LogP contribution >= 0.6 is 0 Å². The summed E-state index contributed by atoms with van der Waals surface area (Å²) in [5.41, 5.74) is 2.79. The number of nitrogens with one attached hydrogen (secondary N) is 2. The molecule has 2 rings (SSSR count). The van der Waals surface area contributed by atoms with Crippen LogP contribution in [0, 0.1) is 0 Å². The summed E-state index contributed by atoms with van der Waals surface area (Å²) in [5, 5.41) is 6.43. The number of aryl methyl sites for hydroxylation is 1. The number of rotatable bonds is 4. The van der Waals surface area contributed by atoms with Gasteiger partial charge in [0.15, 0.2) is 5.43 Å². The van der Waals surface area contributed by atoms with Gasteiger partial charge in [0.1, 0.15) is 5.56 Å². The molecule has 2 aromatic rings. The third-order valence-electron chi connectivity index (χ3n) is 3.34. The molecule has 2 N–H and O–H groups in total. The number of anilines is 1. The molecule has 1 aromatic heterocycles. The molecule has 0 aliphatic rings. The molecule has 0 aliphatic heterocycles. The maximum Gasteiger partial charge on any atom is 0.339 e. The molecule has 0 unspecified atom stereocenters. The highest BCUT2D eigenvalue weighted by Gasteiger charge is 2.18. The minimum Gasteiger partial charge on any atom is -0.349 e. The lowest BCUT2D eigenvalue weighted by atomic mass is 10.1. The highest BCUT2D eigenvalue weighted by molar-refractivity contribution is 6.01. The normalized spacial score (nSPS) is 10.5. The van der Waals surface area contributed by atoms with E-state index in [1.165, 1.54) is 23.4 Å². The third kappa shape index (κ3) is 4.54. The predicted octanol–water partition coefficient (Wildman–Crippen LogP) is 1.24. The summed E-state index contributed by atoms with van der Waals surface area (Å²) < 4.78 is 1.58. The molecule has 1 heterocycles. The second kappa shape index (κ2) is 7.91. The Morgan fingerprint density at radius 1 is 1.16 bits per heavy atom. The number of nitrogens with zero attached hydrogens (tertiary/aromatic N) is 3. The van der Waals surface area contributed by atoms with E-state index >= 15 is 0 Å². The van der Waals surface area contributed by atoms with E-state index in [2.05, 4.69) is 15.8 Å². The van der Waals surface area contributed by atoms with Crippen LogP contribution in [0.25, 0.3) is 0 Å². The predicted molar refractivity (Wildman–Crippen MR) is 95.9 cm³/mol. The highest BCUT2D eigenvalue weighted by atomic mass is 16.2. The molecule has 0 saturated carbocycles. The maximum atomic E-state index is 12.2. The molecule has 3 amide bonds. The van der Waals surface area contributed by atoms with Gasteiger partial charge < -0.3 is 14.8 Å². The minimum atomic E-state index is -0.538. The van der Waals surface area contributed by atoms with Crippen molar-refractivity contribution in [1.82, 2.24) is 14.9 Å². The van der Waals surface area contributed by atoms with E-state index in [1.807, 2.05) is 6.07 Å². The van der Waals surface area contributed by atoms with Crippen molar-refractivity contribution in [2.24, 2.45) is 12.1 Å². The van der Waals surface area contributed by atoms with E-state index in [-0.39, 0.29) is 5.56 Å². The lowest BCUT2D eigenvalue weighted by Crippen LogP contribution is -2.31. The second-order valence-electron chi connectivity index (χ2n) is 5.44. The lowest BCUT2D eigenvalue weighted by molar-refractivity contribution is 0.0825. The van der Waals surface area contributed by atoms with Crippen LogP contribution in [0.2, 0.25) is 0 Å². The third-order valence-corrected chi connectivity index (χ3v) is 3.34. The number of para-hydroxylation sites is 1. The van der Waals surface area contributed by atoms with Crippen LogP contribution in [0.3, 0.4) is 0 Å². The largest absolute Gasteiger partial charge is 0.349 e. The fourth-order valence-corrected chi connectivity index (χ4v) is 2.07. The monoisotopic (exact) mass is 341 g/mol. The molecule has 8 nitrogen and oxygen atoms in total. The number of pyridine rings is 1. The van der Waals surface area contributed by atoms with E-state index < -0.39 is 17.4 Å². The van der Waals surface area contributed by atoms with Crippen LogP contribution < -0.4 is 16.2 Å². The molecule has 8 heteroatoms. The standard InChI is InChI=1S/C17H19N5O3/c1-21(2)16(24)15-13(22(3)10-9-14(15)23)11-18-20-17(25)19-12-7-5-4-6-8-12/h4-11H,1-3H3,(H2,19,20,25). The van der Waals surface area contributed by atoms with Gasteiger partial charge in [-0.05, 0) is 12.1 Å². The zero-order valence-corrected chi connectivity index (χ0v) is 14.2. The van der Waals surface area contributed by atoms with E-state index in [1.54, 1.807) is 50.0 Å². The van der Waals surface area contributed by atoms with Crippen LogP contribution in [0.4, 0.5) is 10.5 Å². The number of carbonyl (C=O) groups is 2. The number of hydrogen-bond donors (Lipinski definition) is 2. The highest BCUT2D eigenvalue weighted by Crippen LogP contribution is 2.05. The van der Waals surface area contributed by atoms with Gasteiger partial charge in [-0.25, -0.2) is 10.2 Å². The van der Waals surface area contributed by atoms with Gasteiger partial charge in [-0.2, -0.15) is 5.10 Å². The van der Waals surface area contributed by atoms with Gasteiger partial charge in [0, 0.05) is 39.1 Å². The fraction of sp³-hybridized carbons (Fsp3) is 0.176. The lowest BCUT2D eigenvalue weighted by Gasteiger charge is -2.14. The Morgan fingerprint density at radius 2 is 1.84 bits per heavy atom. The first-order valence-corrected chi connectivity index (χ1v) is 7.46. The second-order valence-corrected chi connectivity index (χ2v) is 5.44. The molecule has 0 atom stereocenters. The molecule has 0 saturated heterocycles. The van der Waals surface area contributed by atoms with Crippen LogP contribution in [-0.4, -0.2) is 41.7 Å². The zero-order valence-electron chi connectivity index (χ0n) is 14.2. The quantitative estimate of drug-likeness (QED) is 0.647. The van der Waals surface area contributed by atoms with E-state index in [9.17, 15) is 14.4 Å². The van der Waals surface area contributed by atoms with Gasteiger partial charge in [0.25, 0.3) is 5.91 Å². The van der Waals surface area contributed by atoms with Crippen LogP contribution in [0.1, 0.15) is 16.1 Å². The molecule has 25 heavy (non-hydrogen) atoms. The number of urea groups is 1. The Kier molecular flexibility index (Phi) is 5.67. The summed E-state index contributed by atoms with van der Waals surface area (Å²) in [5.74, 6) is -0.434. The summed E-state index contributed by atoms with van der Waals surface area (Å²) in [6.45, 7) is 0. The van der Waals surface area contributed by atoms with Crippen molar-refractivity contribution >= 4 is 23.8 Å². The summed E-state index contributed by atoms with van der Waals surface area (Å²) in [6.07, 6.45) is 2.79. The summed E-state index contributed by atoms with van der Waals surface area (Å²) in [7, 11) is 4.79. The smallest absolute Gasteiger partial charge is 0.339 e. The Morgan fingerprint density at radius 3 is 2.48 bits per heavy atom. The van der Waals surface area contributed by atoms with E-state index in [4.69, 9.17) is 0 Å². The van der Waals surface area contributed by atoms with Crippen molar-refractivity contribution in [1.29, 1.82) is 0 Å². The van der Waals surface area contributed by atoms with Crippen molar-refractivity contribution in [2.75, 3.05) is 19.4 Å². The fourth-order valence-electron chi connectivity index (χ4n) is 2.07. The van der Waals surface area contributed by atoms with Gasteiger partial charge in [-0.3, -0.25) is 9.59 Å². The molecule has 0 spiro atoms. The van der Waals surface area contributed by atoms with Crippen molar-refractivity contribution < 1.29 is 9.59 Å². The van der Waals surface area contributed by atoms with Crippen molar-refractivity contribution in [3.8, 4) is 0 Å². The molecule has 0 radical (unpaired) electrons. The van der Waals surface area contributed by atoms with Gasteiger partial charge >= 0.3 is 6.03 Å². The average Bonchev–Trinajstić information content (AvgIpc) is 2.58. The molecule has 0 fully saturated rings. The first-order valence-electron chi connectivity index (χ1n) is 7.46. The first kappa shape index (κ1) is 17.9. The number of hydrazone groups is 1. The van der Waals surface area contributed by atoms with Gasteiger partial charge in [0.2, 0.25) is 0 Å². The van der Waals surface area contributed by atoms with Gasteiger partial charge in [-0.15, -0.1) is 0 Å². The average molecular weight is 341 g/mol. The Hall–Kier alpha value is -3.42. The molecular weight excluding hydrogens is 322 g/mol. The minimum absolute atomic E-state index is 0.0102. The number of benzene rings is 1. The van der Waals surface area contributed by atoms with Crippen LogP contribution in [-0.2, 0) is 7.05 Å². The number of aromatic nitrogens is 1. The Labute approximate surface area is 144 Å². The zero-order chi connectivity index (χ0) is 18.4. The molecule has 1 aromatic carbocycles. The van der Waals surface area contributed by atoms with Crippen molar-refractivity contribution in [3.63, 3.8) is 0 Å². The van der Waals surface area contributed by atoms with E-state index in [0.717, 1.165) is 0 Å². The summed E-state index contributed by atoms with van der Waals surface area (Å²) >= 11 is 0. The molecular formula is C17H19N5O3. The first-order chi connectivity index (χ1) is 11.9.